The summed E-state index contributed by atoms with van der Waals surface area (Å²) in [7, 11) is 0. The van der Waals surface area contributed by atoms with E-state index in [1.165, 1.54) is 11.8 Å². The third kappa shape index (κ3) is 3.70. The second kappa shape index (κ2) is 6.38. The van der Waals surface area contributed by atoms with E-state index in [2.05, 4.69) is 25.5 Å². The number of thioether (sulfide) groups is 1. The van der Waals surface area contributed by atoms with Crippen LogP contribution in [0.4, 0.5) is 5.95 Å². The zero-order valence-corrected chi connectivity index (χ0v) is 12.1. The normalized spacial score (nSPS) is 12.1. The average molecular weight is 292 g/mol. The van der Waals surface area contributed by atoms with Crippen molar-refractivity contribution in [1.29, 1.82) is 0 Å². The van der Waals surface area contributed by atoms with Gasteiger partial charge in [-0.2, -0.15) is 4.98 Å². The van der Waals surface area contributed by atoms with Crippen molar-refractivity contribution in [3.8, 4) is 0 Å². The van der Waals surface area contributed by atoms with E-state index in [-0.39, 0.29) is 23.7 Å². The molecular weight excluding hydrogens is 276 g/mol. The Bertz CT molecular complexity index is 599. The minimum absolute atomic E-state index is 0.101. The van der Waals surface area contributed by atoms with Crippen molar-refractivity contribution in [3.05, 3.63) is 29.6 Å². The van der Waals surface area contributed by atoms with E-state index < -0.39 is 0 Å². The monoisotopic (exact) mass is 292 g/mol. The number of H-pyrrole nitrogens is 1. The fourth-order valence-corrected chi connectivity index (χ4v) is 2.37. The molecule has 0 unspecified atom stereocenters. The highest BCUT2D eigenvalue weighted by atomic mass is 32.2. The highest BCUT2D eigenvalue weighted by molar-refractivity contribution is 7.99. The Labute approximate surface area is 120 Å². The number of nitrogens with one attached hydrogen (secondary N) is 2. The predicted molar refractivity (Wildman–Crippen MR) is 77.1 cm³/mol. The molecule has 4 N–H and O–H groups in total. The number of nitrogens with zero attached hydrogens (tertiary/aromatic N) is 3. The van der Waals surface area contributed by atoms with Gasteiger partial charge in [0.05, 0.1) is 17.5 Å². The van der Waals surface area contributed by atoms with Crippen molar-refractivity contribution < 1.29 is 4.79 Å². The lowest BCUT2D eigenvalue weighted by Crippen LogP contribution is -2.29. The highest BCUT2D eigenvalue weighted by Gasteiger charge is 2.13. The molecule has 0 aromatic carbocycles. The first-order valence-corrected chi connectivity index (χ1v) is 7.06. The van der Waals surface area contributed by atoms with Gasteiger partial charge in [-0.05, 0) is 25.5 Å². The van der Waals surface area contributed by atoms with E-state index in [9.17, 15) is 4.79 Å². The maximum Gasteiger partial charge on any atom is 0.231 e. The molecule has 0 aliphatic heterocycles. The number of carbonyl (C=O) groups excluding carboxylic acids is 1. The minimum atomic E-state index is -0.137. The summed E-state index contributed by atoms with van der Waals surface area (Å²) >= 11 is 1.22. The topological polar surface area (TPSA) is 110 Å². The standard InChI is InChI=1S/C12H16N6OS/c1-7-4-3-5-14-10(7)8(2)15-9(19)6-20-12-16-11(13)17-18-12/h3-5,8H,6H2,1-2H3,(H,15,19)(H3,13,16,17,18)/t8-/m0/s1. The fraction of sp³-hybridized carbons (Fsp3) is 0.333. The first-order chi connectivity index (χ1) is 9.56. The summed E-state index contributed by atoms with van der Waals surface area (Å²) in [4.78, 5) is 20.1. The molecule has 0 spiro atoms. The molecule has 8 heteroatoms. The van der Waals surface area contributed by atoms with Crippen LogP contribution in [0.1, 0.15) is 24.2 Å². The van der Waals surface area contributed by atoms with Crippen LogP contribution in [0.2, 0.25) is 0 Å². The highest BCUT2D eigenvalue weighted by Crippen LogP contribution is 2.15. The number of pyridine rings is 1. The maximum atomic E-state index is 11.9. The third-order valence-corrected chi connectivity index (χ3v) is 3.50. The van der Waals surface area contributed by atoms with Crippen LogP contribution in [0.15, 0.2) is 23.5 Å². The second-order valence-electron chi connectivity index (χ2n) is 4.29. The molecule has 0 aliphatic carbocycles. The molecule has 1 amide bonds. The number of hydrogen-bond acceptors (Lipinski definition) is 6. The van der Waals surface area contributed by atoms with Gasteiger partial charge in [0.15, 0.2) is 0 Å². The largest absolute Gasteiger partial charge is 0.368 e. The number of carbonyl (C=O) groups is 1. The first-order valence-electron chi connectivity index (χ1n) is 6.08. The maximum absolute atomic E-state index is 11.9. The van der Waals surface area contributed by atoms with Crippen molar-refractivity contribution in [1.82, 2.24) is 25.5 Å². The molecule has 7 nitrogen and oxygen atoms in total. The number of anilines is 1. The second-order valence-corrected chi connectivity index (χ2v) is 5.23. The number of aromatic nitrogens is 4. The first kappa shape index (κ1) is 14.3. The van der Waals surface area contributed by atoms with Gasteiger partial charge < -0.3 is 11.1 Å². The third-order valence-electron chi connectivity index (χ3n) is 2.65. The molecule has 20 heavy (non-hydrogen) atoms. The van der Waals surface area contributed by atoms with Gasteiger partial charge in [0.25, 0.3) is 0 Å². The summed E-state index contributed by atoms with van der Waals surface area (Å²) in [6.45, 7) is 3.87. The molecule has 2 aromatic rings. The van der Waals surface area contributed by atoms with Gasteiger partial charge in [0.2, 0.25) is 17.0 Å². The van der Waals surface area contributed by atoms with E-state index in [0.29, 0.717) is 5.16 Å². The van der Waals surface area contributed by atoms with Crippen molar-refractivity contribution >= 4 is 23.6 Å². The lowest BCUT2D eigenvalue weighted by atomic mass is 10.1. The lowest BCUT2D eigenvalue weighted by molar-refractivity contribution is -0.119. The Morgan fingerprint density at radius 1 is 1.60 bits per heavy atom. The SMILES string of the molecule is Cc1cccnc1[C@H](C)NC(=O)CSc1n[nH]c(N)n1. The minimum Gasteiger partial charge on any atom is -0.368 e. The van der Waals surface area contributed by atoms with Crippen LogP contribution in [-0.4, -0.2) is 31.8 Å². The molecular formula is C12H16N6OS. The average Bonchev–Trinajstić information content (AvgIpc) is 2.82. The van der Waals surface area contributed by atoms with Crippen LogP contribution in [-0.2, 0) is 4.79 Å². The summed E-state index contributed by atoms with van der Waals surface area (Å²) in [5.74, 6) is 0.370. The summed E-state index contributed by atoms with van der Waals surface area (Å²) in [6.07, 6.45) is 1.72. The Morgan fingerprint density at radius 3 is 3.05 bits per heavy atom. The Morgan fingerprint density at radius 2 is 2.40 bits per heavy atom. The number of nitrogen functional groups attached to an aromatic ring is 1. The molecule has 0 aliphatic rings. The van der Waals surface area contributed by atoms with E-state index in [1.54, 1.807) is 6.20 Å². The van der Waals surface area contributed by atoms with Crippen LogP contribution in [0.25, 0.3) is 0 Å². The summed E-state index contributed by atoms with van der Waals surface area (Å²) in [6, 6.07) is 3.70. The van der Waals surface area contributed by atoms with Crippen LogP contribution >= 0.6 is 11.8 Å². The summed E-state index contributed by atoms with van der Waals surface area (Å²) in [5.41, 5.74) is 7.33. The van der Waals surface area contributed by atoms with E-state index >= 15 is 0 Å². The number of amides is 1. The fourth-order valence-electron chi connectivity index (χ4n) is 1.76. The molecule has 0 saturated heterocycles. The molecule has 0 saturated carbocycles. The van der Waals surface area contributed by atoms with Crippen molar-refractivity contribution in [3.63, 3.8) is 0 Å². The molecule has 2 aromatic heterocycles. The molecule has 2 rings (SSSR count). The van der Waals surface area contributed by atoms with Gasteiger partial charge in [0, 0.05) is 6.20 Å². The Kier molecular flexibility index (Phi) is 4.57. The van der Waals surface area contributed by atoms with Crippen LogP contribution in [0.3, 0.4) is 0 Å². The van der Waals surface area contributed by atoms with Gasteiger partial charge in [-0.3, -0.25) is 9.78 Å². The number of nitrogens with two attached hydrogens (primary N) is 1. The van der Waals surface area contributed by atoms with Gasteiger partial charge in [-0.15, -0.1) is 5.10 Å². The van der Waals surface area contributed by atoms with Gasteiger partial charge in [-0.1, -0.05) is 17.8 Å². The number of aromatic amines is 1. The van der Waals surface area contributed by atoms with E-state index in [0.717, 1.165) is 11.3 Å². The molecule has 0 bridgehead atoms. The van der Waals surface area contributed by atoms with Crippen LogP contribution in [0.5, 0.6) is 0 Å². The van der Waals surface area contributed by atoms with Gasteiger partial charge in [-0.25, -0.2) is 5.10 Å². The number of rotatable bonds is 5. The Hall–Kier alpha value is -2.09. The molecule has 106 valence electrons. The summed E-state index contributed by atoms with van der Waals surface area (Å²) < 4.78 is 0. The van der Waals surface area contributed by atoms with E-state index in [1.807, 2.05) is 26.0 Å². The van der Waals surface area contributed by atoms with Crippen LogP contribution in [0, 0.1) is 6.92 Å². The predicted octanol–water partition coefficient (Wildman–Crippen LogP) is 1.06. The zero-order valence-electron chi connectivity index (χ0n) is 11.3. The van der Waals surface area contributed by atoms with E-state index in [4.69, 9.17) is 5.73 Å². The molecule has 0 radical (unpaired) electrons. The van der Waals surface area contributed by atoms with Gasteiger partial charge >= 0.3 is 0 Å². The Balaban J connectivity index is 1.87. The summed E-state index contributed by atoms with van der Waals surface area (Å²) in [5, 5.41) is 9.72. The number of hydrogen-bond donors (Lipinski definition) is 3. The molecule has 0 fully saturated rings. The number of aryl methyl sites for hydroxylation is 1. The smallest absolute Gasteiger partial charge is 0.231 e. The molecule has 2 heterocycles. The lowest BCUT2D eigenvalue weighted by Gasteiger charge is -2.14. The van der Waals surface area contributed by atoms with Crippen LogP contribution < -0.4 is 11.1 Å². The van der Waals surface area contributed by atoms with Crippen molar-refractivity contribution in [2.75, 3.05) is 11.5 Å². The van der Waals surface area contributed by atoms with Crippen molar-refractivity contribution in [2.24, 2.45) is 0 Å². The zero-order chi connectivity index (χ0) is 14.5. The molecule has 1 atom stereocenters. The van der Waals surface area contributed by atoms with Gasteiger partial charge in [0.1, 0.15) is 0 Å². The quantitative estimate of drug-likeness (QED) is 0.711. The van der Waals surface area contributed by atoms with Crippen molar-refractivity contribution in [2.45, 2.75) is 25.0 Å².